The van der Waals surface area contributed by atoms with Crippen molar-refractivity contribution < 1.29 is 18.6 Å². The Morgan fingerprint density at radius 3 is 3.23 bits per heavy atom. The molecule has 0 aliphatic rings. The molecule has 0 radical (unpaired) electrons. The highest BCUT2D eigenvalue weighted by molar-refractivity contribution is 14.2. The molecular formula is C6H7INO4P. The summed E-state index contributed by atoms with van der Waals surface area (Å²) in [6.45, 7) is 0.276. The zero-order valence-electron chi connectivity index (χ0n) is 6.74. The molecule has 0 saturated carbocycles. The summed E-state index contributed by atoms with van der Waals surface area (Å²) in [6.07, 6.45) is 0.0806. The van der Waals surface area contributed by atoms with Gasteiger partial charge >= 0.3 is 5.97 Å². The van der Waals surface area contributed by atoms with Crippen LogP contribution in [0.1, 0.15) is 5.76 Å². The Morgan fingerprint density at radius 2 is 2.62 bits per heavy atom. The quantitative estimate of drug-likeness (QED) is 0.481. The van der Waals surface area contributed by atoms with E-state index in [1.807, 2.05) is 0 Å². The zero-order valence-corrected chi connectivity index (χ0v) is 9.90. The maximum atomic E-state index is 10.8. The summed E-state index contributed by atoms with van der Waals surface area (Å²) in [6, 6.07) is 1.57. The molecule has 0 saturated heterocycles. The minimum Gasteiger partial charge on any atom is -0.469 e. The van der Waals surface area contributed by atoms with Gasteiger partial charge in [-0.05, 0) is 27.2 Å². The average Bonchev–Trinajstić information content (AvgIpc) is 2.53. The largest absolute Gasteiger partial charge is 0.469 e. The summed E-state index contributed by atoms with van der Waals surface area (Å²) >= 11 is 2.07. The topological polar surface area (TPSA) is 61.6 Å². The average molecular weight is 315 g/mol. The first-order valence-corrected chi connectivity index (χ1v) is 7.33. The molecule has 0 bridgehead atoms. The molecule has 1 unspecified atom stereocenters. The first-order chi connectivity index (χ1) is 6.26. The molecule has 1 aromatic rings. The van der Waals surface area contributed by atoms with Crippen molar-refractivity contribution >= 4 is 34.5 Å². The van der Waals surface area contributed by atoms with Gasteiger partial charge in [0.1, 0.15) is 12.9 Å². The Bertz CT molecular complexity index is 290. The van der Waals surface area contributed by atoms with Gasteiger partial charge in [-0.25, -0.2) is 0 Å². The monoisotopic (exact) mass is 315 g/mol. The van der Waals surface area contributed by atoms with Crippen LogP contribution in [0.4, 0.5) is 0 Å². The molecule has 0 aliphatic heterocycles. The molecule has 0 spiro atoms. The lowest BCUT2D eigenvalue weighted by atomic mass is 10.3. The Kier molecular flexibility index (Phi) is 4.44. The van der Waals surface area contributed by atoms with E-state index in [2.05, 4.69) is 31.9 Å². The Hall–Kier alpha value is -0.360. The molecule has 1 heterocycles. The maximum absolute atomic E-state index is 10.8. The molecule has 5 nitrogen and oxygen atoms in total. The van der Waals surface area contributed by atoms with Gasteiger partial charge < -0.3 is 13.8 Å². The van der Waals surface area contributed by atoms with Gasteiger partial charge in [0.15, 0.2) is 5.76 Å². The van der Waals surface area contributed by atoms with Crippen molar-refractivity contribution in [3.63, 3.8) is 0 Å². The molecule has 1 atom stereocenters. The van der Waals surface area contributed by atoms with Crippen molar-refractivity contribution in [1.29, 1.82) is 0 Å². The fourth-order valence-electron chi connectivity index (χ4n) is 0.679. The van der Waals surface area contributed by atoms with E-state index in [1.54, 1.807) is 6.07 Å². The Morgan fingerprint density at radius 1 is 1.85 bits per heavy atom. The first-order valence-electron chi connectivity index (χ1n) is 3.31. The molecule has 0 aliphatic carbocycles. The van der Waals surface area contributed by atoms with Crippen molar-refractivity contribution in [3.05, 3.63) is 11.8 Å². The van der Waals surface area contributed by atoms with Crippen LogP contribution >= 0.6 is 28.5 Å². The van der Waals surface area contributed by atoms with Crippen LogP contribution in [0.5, 0.6) is 5.88 Å². The van der Waals surface area contributed by atoms with Crippen molar-refractivity contribution in [2.75, 3.05) is 7.11 Å². The van der Waals surface area contributed by atoms with Crippen LogP contribution in [0.15, 0.2) is 10.6 Å². The van der Waals surface area contributed by atoms with Gasteiger partial charge in [-0.1, -0.05) is 0 Å². The minimum absolute atomic E-state index is 0.0806. The predicted molar refractivity (Wildman–Crippen MR) is 55.2 cm³/mol. The van der Waals surface area contributed by atoms with Gasteiger partial charge in [0.25, 0.3) is 5.88 Å². The highest BCUT2D eigenvalue weighted by Gasteiger charge is 2.09. The highest BCUT2D eigenvalue weighted by atomic mass is 127. The minimum atomic E-state index is -0.361. The zero-order chi connectivity index (χ0) is 9.68. The smallest absolute Gasteiger partial charge is 0.313 e. The van der Waals surface area contributed by atoms with Gasteiger partial charge in [0.2, 0.25) is 0 Å². The van der Waals surface area contributed by atoms with E-state index in [0.29, 0.717) is 11.6 Å². The van der Waals surface area contributed by atoms with E-state index in [4.69, 9.17) is 9.05 Å². The first kappa shape index (κ1) is 10.7. The molecular weight excluding hydrogens is 308 g/mol. The van der Waals surface area contributed by atoms with E-state index in [1.165, 1.54) is 7.11 Å². The van der Waals surface area contributed by atoms with E-state index < -0.39 is 0 Å². The SMILES string of the molecule is COC(=O)Cc1cc(OPI)no1. The second kappa shape index (κ2) is 5.39. The van der Waals surface area contributed by atoms with Crippen LogP contribution in [-0.2, 0) is 16.0 Å². The van der Waals surface area contributed by atoms with Crippen LogP contribution in [0.3, 0.4) is 0 Å². The number of hydrogen-bond donors (Lipinski definition) is 0. The number of rotatable bonds is 4. The second-order valence-electron chi connectivity index (χ2n) is 2.06. The number of nitrogens with zero attached hydrogens (tertiary/aromatic N) is 1. The van der Waals surface area contributed by atoms with Crippen LogP contribution < -0.4 is 4.52 Å². The summed E-state index contributed by atoms with van der Waals surface area (Å²) < 4.78 is 14.3. The van der Waals surface area contributed by atoms with E-state index in [-0.39, 0.29) is 18.8 Å². The number of ether oxygens (including phenoxy) is 1. The number of aromatic nitrogens is 1. The summed E-state index contributed by atoms with van der Waals surface area (Å²) in [4.78, 5) is 10.8. The lowest BCUT2D eigenvalue weighted by Gasteiger charge is -1.92. The van der Waals surface area contributed by atoms with Crippen molar-refractivity contribution in [1.82, 2.24) is 5.16 Å². The van der Waals surface area contributed by atoms with Gasteiger partial charge in [-0.2, -0.15) is 0 Å². The Labute approximate surface area is 89.5 Å². The summed E-state index contributed by atoms with van der Waals surface area (Å²) in [5.41, 5.74) is 0. The third-order valence-corrected chi connectivity index (χ3v) is 2.17. The number of hydrogen-bond acceptors (Lipinski definition) is 5. The summed E-state index contributed by atoms with van der Waals surface area (Å²) in [7, 11) is 1.32. The number of methoxy groups -OCH3 is 1. The molecule has 13 heavy (non-hydrogen) atoms. The van der Waals surface area contributed by atoms with Crippen LogP contribution in [0.25, 0.3) is 0 Å². The summed E-state index contributed by atoms with van der Waals surface area (Å²) in [5.74, 6) is 0.475. The lowest BCUT2D eigenvalue weighted by Crippen LogP contribution is -2.03. The lowest BCUT2D eigenvalue weighted by molar-refractivity contribution is -0.140. The third-order valence-electron chi connectivity index (χ3n) is 1.23. The van der Waals surface area contributed by atoms with Gasteiger partial charge in [0.05, 0.1) is 7.11 Å². The normalized spacial score (nSPS) is 10.6. The summed E-state index contributed by atoms with van der Waals surface area (Å²) in [5, 5.41) is 3.59. The molecule has 7 heteroatoms. The number of esters is 1. The fraction of sp³-hybridized carbons (Fsp3) is 0.333. The third kappa shape index (κ3) is 3.48. The second-order valence-corrected chi connectivity index (χ2v) is 3.74. The molecule has 0 amide bonds. The van der Waals surface area contributed by atoms with Crippen LogP contribution in [-0.4, -0.2) is 18.2 Å². The molecule has 1 rings (SSSR count). The van der Waals surface area contributed by atoms with E-state index >= 15 is 0 Å². The molecule has 0 N–H and O–H groups in total. The van der Waals surface area contributed by atoms with Gasteiger partial charge in [-0.3, -0.25) is 4.79 Å². The number of carbonyl (C=O) groups excluding carboxylic acids is 1. The molecule has 1 aromatic heterocycles. The van der Waals surface area contributed by atoms with E-state index in [0.717, 1.165) is 0 Å². The van der Waals surface area contributed by atoms with Gasteiger partial charge in [0, 0.05) is 6.07 Å². The van der Waals surface area contributed by atoms with Crippen LogP contribution in [0.2, 0.25) is 0 Å². The van der Waals surface area contributed by atoms with E-state index in [9.17, 15) is 4.79 Å². The fourth-order valence-corrected chi connectivity index (χ4v) is 1.53. The van der Waals surface area contributed by atoms with Crippen molar-refractivity contribution in [3.8, 4) is 5.88 Å². The van der Waals surface area contributed by atoms with Crippen molar-refractivity contribution in [2.45, 2.75) is 6.42 Å². The predicted octanol–water partition coefficient (Wildman–Crippen LogP) is 1.71. The molecule has 0 fully saturated rings. The highest BCUT2D eigenvalue weighted by Crippen LogP contribution is 2.26. The maximum Gasteiger partial charge on any atom is 0.313 e. The standard InChI is InChI=1S/C6H7INO4P/c1-10-6(9)3-4-2-5(8-11-4)12-13-7/h2,13H,3H2,1H3. The van der Waals surface area contributed by atoms with Crippen LogP contribution in [0, 0.1) is 0 Å². The number of halogens is 1. The Balaban J connectivity index is 2.53. The van der Waals surface area contributed by atoms with Crippen molar-refractivity contribution in [2.24, 2.45) is 0 Å². The van der Waals surface area contributed by atoms with Gasteiger partial charge in [-0.15, -0.1) is 0 Å². The number of carbonyl (C=O) groups is 1. The molecule has 72 valence electrons. The molecule has 0 aromatic carbocycles.